The van der Waals surface area contributed by atoms with Crippen molar-refractivity contribution < 1.29 is 9.53 Å². The minimum absolute atomic E-state index is 0.0578. The molecule has 3 rings (SSSR count). The van der Waals surface area contributed by atoms with Crippen molar-refractivity contribution in [1.82, 2.24) is 4.90 Å². The van der Waals surface area contributed by atoms with Crippen molar-refractivity contribution in [2.24, 2.45) is 0 Å². The molecule has 1 atom stereocenters. The first-order valence-corrected chi connectivity index (χ1v) is 6.91. The van der Waals surface area contributed by atoms with E-state index in [2.05, 4.69) is 6.58 Å². The van der Waals surface area contributed by atoms with Crippen LogP contribution in [0.25, 0.3) is 0 Å². The SMILES string of the molecule is C=CCN1C(=O)c2ccccc2C1c1ccc(OC)cc1. The number of carbonyl (C=O) groups excluding carboxylic acids is 1. The number of hydrogen-bond donors (Lipinski definition) is 0. The first-order chi connectivity index (χ1) is 10.3. The summed E-state index contributed by atoms with van der Waals surface area (Å²) in [5, 5.41) is 0. The average molecular weight is 279 g/mol. The van der Waals surface area contributed by atoms with Crippen LogP contribution < -0.4 is 4.74 Å². The standard InChI is InChI=1S/C18H17NO2/c1-3-12-19-17(13-8-10-14(21-2)11-9-13)15-6-4-5-7-16(15)18(19)20/h3-11,17H,1,12H2,2H3. The summed E-state index contributed by atoms with van der Waals surface area (Å²) < 4.78 is 5.20. The Bertz CT molecular complexity index is 676. The van der Waals surface area contributed by atoms with Crippen molar-refractivity contribution >= 4 is 5.91 Å². The molecule has 3 heteroatoms. The van der Waals surface area contributed by atoms with Gasteiger partial charge in [0, 0.05) is 12.1 Å². The highest BCUT2D eigenvalue weighted by Gasteiger charge is 2.36. The Kier molecular flexibility index (Phi) is 3.48. The minimum atomic E-state index is -0.0578. The lowest BCUT2D eigenvalue weighted by molar-refractivity contribution is 0.0770. The molecular formula is C18H17NO2. The van der Waals surface area contributed by atoms with Gasteiger partial charge in [0.05, 0.1) is 13.2 Å². The van der Waals surface area contributed by atoms with Gasteiger partial charge >= 0.3 is 0 Å². The maximum atomic E-state index is 12.5. The van der Waals surface area contributed by atoms with Gasteiger partial charge in [-0.1, -0.05) is 36.4 Å². The predicted octanol–water partition coefficient (Wildman–Crippen LogP) is 3.43. The summed E-state index contributed by atoms with van der Waals surface area (Å²) in [7, 11) is 1.65. The van der Waals surface area contributed by atoms with Crippen molar-refractivity contribution in [3.8, 4) is 5.75 Å². The largest absolute Gasteiger partial charge is 0.497 e. The molecule has 0 saturated heterocycles. The van der Waals surface area contributed by atoms with Crippen LogP contribution in [-0.4, -0.2) is 24.5 Å². The lowest BCUT2D eigenvalue weighted by Gasteiger charge is -2.24. The van der Waals surface area contributed by atoms with Gasteiger partial charge in [0.1, 0.15) is 5.75 Å². The van der Waals surface area contributed by atoms with E-state index in [1.807, 2.05) is 53.4 Å². The Labute approximate surface area is 124 Å². The molecule has 0 spiro atoms. The van der Waals surface area contributed by atoms with E-state index in [0.717, 1.165) is 22.4 Å². The molecule has 0 bridgehead atoms. The average Bonchev–Trinajstić information content (AvgIpc) is 2.81. The van der Waals surface area contributed by atoms with Gasteiger partial charge in [-0.2, -0.15) is 0 Å². The van der Waals surface area contributed by atoms with Gasteiger partial charge in [-0.05, 0) is 29.3 Å². The molecule has 0 aromatic heterocycles. The summed E-state index contributed by atoms with van der Waals surface area (Å²) in [6.45, 7) is 4.29. The molecule has 106 valence electrons. The molecule has 2 aromatic carbocycles. The van der Waals surface area contributed by atoms with Gasteiger partial charge in [-0.3, -0.25) is 4.79 Å². The third-order valence-electron chi connectivity index (χ3n) is 3.82. The third kappa shape index (κ3) is 2.21. The van der Waals surface area contributed by atoms with Gasteiger partial charge in [-0.15, -0.1) is 6.58 Å². The highest BCUT2D eigenvalue weighted by molar-refractivity contribution is 5.99. The van der Waals surface area contributed by atoms with Crippen molar-refractivity contribution in [2.75, 3.05) is 13.7 Å². The fraction of sp³-hybridized carbons (Fsp3) is 0.167. The Morgan fingerprint density at radius 3 is 2.57 bits per heavy atom. The van der Waals surface area contributed by atoms with E-state index in [1.54, 1.807) is 13.2 Å². The molecule has 1 aliphatic heterocycles. The van der Waals surface area contributed by atoms with E-state index in [9.17, 15) is 4.79 Å². The highest BCUT2D eigenvalue weighted by Crippen LogP contribution is 2.38. The highest BCUT2D eigenvalue weighted by atomic mass is 16.5. The van der Waals surface area contributed by atoms with Crippen LogP contribution in [0.1, 0.15) is 27.5 Å². The number of nitrogens with zero attached hydrogens (tertiary/aromatic N) is 1. The molecule has 0 aliphatic carbocycles. The normalized spacial score (nSPS) is 16.7. The van der Waals surface area contributed by atoms with Gasteiger partial charge < -0.3 is 9.64 Å². The van der Waals surface area contributed by atoms with Crippen LogP contribution in [0.5, 0.6) is 5.75 Å². The fourth-order valence-electron chi connectivity index (χ4n) is 2.84. The Morgan fingerprint density at radius 1 is 1.19 bits per heavy atom. The lowest BCUT2D eigenvalue weighted by Crippen LogP contribution is -2.28. The van der Waals surface area contributed by atoms with Gasteiger partial charge in [0.2, 0.25) is 0 Å². The zero-order valence-electron chi connectivity index (χ0n) is 12.0. The molecule has 0 radical (unpaired) electrons. The summed E-state index contributed by atoms with van der Waals surface area (Å²) in [6.07, 6.45) is 1.76. The van der Waals surface area contributed by atoms with Crippen LogP contribution in [0, 0.1) is 0 Å². The zero-order valence-corrected chi connectivity index (χ0v) is 12.0. The summed E-state index contributed by atoms with van der Waals surface area (Å²) in [5.74, 6) is 0.873. The van der Waals surface area contributed by atoms with Crippen molar-refractivity contribution in [1.29, 1.82) is 0 Å². The summed E-state index contributed by atoms with van der Waals surface area (Å²) in [5.41, 5.74) is 2.91. The topological polar surface area (TPSA) is 29.5 Å². The molecule has 1 heterocycles. The molecule has 2 aromatic rings. The number of methoxy groups -OCH3 is 1. The second-order valence-corrected chi connectivity index (χ2v) is 5.01. The second-order valence-electron chi connectivity index (χ2n) is 5.01. The van der Waals surface area contributed by atoms with E-state index in [-0.39, 0.29) is 11.9 Å². The first-order valence-electron chi connectivity index (χ1n) is 6.91. The van der Waals surface area contributed by atoms with E-state index < -0.39 is 0 Å². The maximum Gasteiger partial charge on any atom is 0.255 e. The first kappa shape index (κ1) is 13.4. The minimum Gasteiger partial charge on any atom is -0.497 e. The van der Waals surface area contributed by atoms with Crippen LogP contribution in [0.4, 0.5) is 0 Å². The Hall–Kier alpha value is -2.55. The Morgan fingerprint density at radius 2 is 1.90 bits per heavy atom. The van der Waals surface area contributed by atoms with E-state index in [0.29, 0.717) is 6.54 Å². The molecule has 0 fully saturated rings. The summed E-state index contributed by atoms with van der Waals surface area (Å²) >= 11 is 0. The third-order valence-corrected chi connectivity index (χ3v) is 3.82. The summed E-state index contributed by atoms with van der Waals surface area (Å²) in [4.78, 5) is 14.4. The van der Waals surface area contributed by atoms with Crippen molar-refractivity contribution in [3.05, 3.63) is 77.9 Å². The number of amides is 1. The number of benzene rings is 2. The number of carbonyl (C=O) groups is 1. The number of ether oxygens (including phenoxy) is 1. The maximum absolute atomic E-state index is 12.5. The van der Waals surface area contributed by atoms with Crippen LogP contribution >= 0.6 is 0 Å². The Balaban J connectivity index is 2.08. The van der Waals surface area contributed by atoms with Gasteiger partial charge in [-0.25, -0.2) is 0 Å². The van der Waals surface area contributed by atoms with E-state index >= 15 is 0 Å². The quantitative estimate of drug-likeness (QED) is 0.802. The predicted molar refractivity (Wildman–Crippen MR) is 82.5 cm³/mol. The fourth-order valence-corrected chi connectivity index (χ4v) is 2.84. The molecule has 1 unspecified atom stereocenters. The second kappa shape index (κ2) is 5.44. The number of fused-ring (bicyclic) bond motifs is 1. The van der Waals surface area contributed by atoms with Crippen LogP contribution in [0.15, 0.2) is 61.2 Å². The molecule has 0 N–H and O–H groups in total. The molecular weight excluding hydrogens is 262 g/mol. The smallest absolute Gasteiger partial charge is 0.255 e. The van der Waals surface area contributed by atoms with Crippen LogP contribution in [-0.2, 0) is 0 Å². The molecule has 1 amide bonds. The lowest BCUT2D eigenvalue weighted by atomic mass is 9.98. The van der Waals surface area contributed by atoms with Gasteiger partial charge in [0.15, 0.2) is 0 Å². The number of rotatable bonds is 4. The zero-order chi connectivity index (χ0) is 14.8. The molecule has 21 heavy (non-hydrogen) atoms. The van der Waals surface area contributed by atoms with Gasteiger partial charge in [0.25, 0.3) is 5.91 Å². The summed E-state index contributed by atoms with van der Waals surface area (Å²) in [6, 6.07) is 15.6. The van der Waals surface area contributed by atoms with Crippen molar-refractivity contribution in [2.45, 2.75) is 6.04 Å². The van der Waals surface area contributed by atoms with Crippen molar-refractivity contribution in [3.63, 3.8) is 0 Å². The number of hydrogen-bond acceptors (Lipinski definition) is 2. The molecule has 3 nitrogen and oxygen atoms in total. The van der Waals surface area contributed by atoms with E-state index in [4.69, 9.17) is 4.74 Å². The van der Waals surface area contributed by atoms with E-state index in [1.165, 1.54) is 0 Å². The monoisotopic (exact) mass is 279 g/mol. The van der Waals surface area contributed by atoms with Crippen LogP contribution in [0.3, 0.4) is 0 Å². The van der Waals surface area contributed by atoms with Crippen LogP contribution in [0.2, 0.25) is 0 Å². The molecule has 1 aliphatic rings. The molecule has 0 saturated carbocycles.